The first-order chi connectivity index (χ1) is 9.38. The normalized spacial score (nSPS) is 16.6. The summed E-state index contributed by atoms with van der Waals surface area (Å²) >= 11 is 0. The van der Waals surface area contributed by atoms with Gasteiger partial charge in [-0.3, -0.25) is 4.90 Å². The highest BCUT2D eigenvalue weighted by Gasteiger charge is 2.32. The molecule has 1 fully saturated rings. The second kappa shape index (κ2) is 6.04. The van der Waals surface area contributed by atoms with E-state index in [0.29, 0.717) is 17.9 Å². The van der Waals surface area contributed by atoms with E-state index in [-0.39, 0.29) is 5.56 Å². The summed E-state index contributed by atoms with van der Waals surface area (Å²) in [5.41, 5.74) is 0.158. The molecule has 0 bridgehead atoms. The van der Waals surface area contributed by atoms with Crippen LogP contribution in [0.25, 0.3) is 0 Å². The van der Waals surface area contributed by atoms with Gasteiger partial charge in [-0.15, -0.1) is 0 Å². The number of rotatable bonds is 4. The van der Waals surface area contributed by atoms with Crippen LogP contribution in [0, 0.1) is 13.8 Å². The third-order valence-electron chi connectivity index (χ3n) is 3.69. The zero-order valence-corrected chi connectivity index (χ0v) is 11.9. The number of halogens is 3. The molecule has 0 amide bonds. The minimum Gasteiger partial charge on any atom is -0.492 e. The number of ether oxygens (including phenoxy) is 1. The summed E-state index contributed by atoms with van der Waals surface area (Å²) in [5, 5.41) is 0. The van der Waals surface area contributed by atoms with Gasteiger partial charge < -0.3 is 4.74 Å². The lowest BCUT2D eigenvalue weighted by atomic mass is 10.0. The number of likely N-dealkylation sites (tertiary alicyclic amines) is 1. The molecule has 2 rings (SSSR count). The second-order valence-electron chi connectivity index (χ2n) is 5.33. The van der Waals surface area contributed by atoms with E-state index in [1.165, 1.54) is 31.9 Å². The van der Waals surface area contributed by atoms with Crippen LogP contribution in [0.3, 0.4) is 0 Å². The van der Waals surface area contributed by atoms with E-state index in [2.05, 4.69) is 4.90 Å². The lowest BCUT2D eigenvalue weighted by Crippen LogP contribution is -2.25. The molecule has 20 heavy (non-hydrogen) atoms. The van der Waals surface area contributed by atoms with E-state index in [1.54, 1.807) is 6.92 Å². The maximum absolute atomic E-state index is 12.8. The van der Waals surface area contributed by atoms with E-state index in [0.717, 1.165) is 19.6 Å². The Morgan fingerprint density at radius 3 is 2.35 bits per heavy atom. The van der Waals surface area contributed by atoms with Gasteiger partial charge in [-0.05, 0) is 63.0 Å². The first-order valence-electron chi connectivity index (χ1n) is 6.91. The minimum absolute atomic E-state index is 0.208. The molecule has 1 aliphatic heterocycles. The van der Waals surface area contributed by atoms with Gasteiger partial charge in [0, 0.05) is 6.54 Å². The van der Waals surface area contributed by atoms with Crippen molar-refractivity contribution in [3.8, 4) is 5.75 Å². The predicted octanol–water partition coefficient (Wildman–Crippen LogP) is 3.80. The Kier molecular flexibility index (Phi) is 4.58. The topological polar surface area (TPSA) is 12.5 Å². The number of nitrogens with zero attached hydrogens (tertiary/aromatic N) is 1. The van der Waals surface area contributed by atoms with Crippen molar-refractivity contribution in [2.45, 2.75) is 32.9 Å². The maximum Gasteiger partial charge on any atom is 0.416 e. The number of aryl methyl sites for hydroxylation is 2. The molecule has 0 unspecified atom stereocenters. The standard InChI is InChI=1S/C15H20F3NO/c1-11-10-14(12(2)9-13(11)15(16,17)18)20-8-7-19-5-3-4-6-19/h9-10H,3-8H2,1-2H3. The first-order valence-corrected chi connectivity index (χ1v) is 6.91. The third kappa shape index (κ3) is 3.66. The summed E-state index contributed by atoms with van der Waals surface area (Å²) in [6.07, 6.45) is -1.86. The lowest BCUT2D eigenvalue weighted by molar-refractivity contribution is -0.138. The molecule has 1 aliphatic rings. The van der Waals surface area contributed by atoms with Crippen LogP contribution in [-0.2, 0) is 6.18 Å². The van der Waals surface area contributed by atoms with Crippen molar-refractivity contribution in [3.63, 3.8) is 0 Å². The molecule has 2 nitrogen and oxygen atoms in total. The highest BCUT2D eigenvalue weighted by atomic mass is 19.4. The van der Waals surface area contributed by atoms with Crippen LogP contribution in [-0.4, -0.2) is 31.1 Å². The quantitative estimate of drug-likeness (QED) is 0.835. The van der Waals surface area contributed by atoms with Crippen molar-refractivity contribution in [1.29, 1.82) is 0 Å². The summed E-state index contributed by atoms with van der Waals surface area (Å²) in [4.78, 5) is 2.31. The molecule has 0 aromatic heterocycles. The third-order valence-corrected chi connectivity index (χ3v) is 3.69. The van der Waals surface area contributed by atoms with E-state index < -0.39 is 11.7 Å². The highest BCUT2D eigenvalue weighted by molar-refractivity contribution is 5.42. The van der Waals surface area contributed by atoms with Gasteiger partial charge in [0.05, 0.1) is 5.56 Å². The number of alkyl halides is 3. The van der Waals surface area contributed by atoms with Gasteiger partial charge in [0.2, 0.25) is 0 Å². The Hall–Kier alpha value is -1.23. The van der Waals surface area contributed by atoms with Gasteiger partial charge in [0.1, 0.15) is 12.4 Å². The van der Waals surface area contributed by atoms with Crippen LogP contribution in [0.1, 0.15) is 29.5 Å². The van der Waals surface area contributed by atoms with Gasteiger partial charge in [0.25, 0.3) is 0 Å². The Balaban J connectivity index is 1.99. The molecule has 112 valence electrons. The fourth-order valence-corrected chi connectivity index (χ4v) is 2.54. The van der Waals surface area contributed by atoms with E-state index in [1.807, 2.05) is 0 Å². The molecule has 0 atom stereocenters. The second-order valence-corrected chi connectivity index (χ2v) is 5.33. The van der Waals surface area contributed by atoms with Crippen LogP contribution in [0.15, 0.2) is 12.1 Å². The van der Waals surface area contributed by atoms with Gasteiger partial charge in [-0.25, -0.2) is 0 Å². The molecule has 1 aromatic carbocycles. The number of hydrogen-bond donors (Lipinski definition) is 0. The molecule has 0 spiro atoms. The largest absolute Gasteiger partial charge is 0.492 e. The Morgan fingerprint density at radius 2 is 1.75 bits per heavy atom. The minimum atomic E-state index is -4.30. The maximum atomic E-state index is 12.8. The monoisotopic (exact) mass is 287 g/mol. The summed E-state index contributed by atoms with van der Waals surface area (Å²) < 4.78 is 43.9. The van der Waals surface area contributed by atoms with Crippen LogP contribution in [0.4, 0.5) is 13.2 Å². The highest BCUT2D eigenvalue weighted by Crippen LogP contribution is 2.35. The molecule has 0 N–H and O–H groups in total. The number of hydrogen-bond acceptors (Lipinski definition) is 2. The van der Waals surface area contributed by atoms with E-state index in [4.69, 9.17) is 4.74 Å². The summed E-state index contributed by atoms with van der Waals surface area (Å²) in [6, 6.07) is 2.66. The van der Waals surface area contributed by atoms with Crippen molar-refractivity contribution in [3.05, 3.63) is 28.8 Å². The van der Waals surface area contributed by atoms with Crippen molar-refractivity contribution in [2.75, 3.05) is 26.2 Å². The van der Waals surface area contributed by atoms with E-state index >= 15 is 0 Å². The average molecular weight is 287 g/mol. The lowest BCUT2D eigenvalue weighted by Gasteiger charge is -2.18. The zero-order valence-electron chi connectivity index (χ0n) is 11.9. The van der Waals surface area contributed by atoms with Gasteiger partial charge in [0.15, 0.2) is 0 Å². The van der Waals surface area contributed by atoms with Crippen molar-refractivity contribution < 1.29 is 17.9 Å². The SMILES string of the molecule is Cc1cc(C(F)(F)F)c(C)cc1OCCN1CCCC1. The smallest absolute Gasteiger partial charge is 0.416 e. The average Bonchev–Trinajstić information content (AvgIpc) is 2.84. The summed E-state index contributed by atoms with van der Waals surface area (Å²) in [5.74, 6) is 0.551. The Morgan fingerprint density at radius 1 is 1.10 bits per heavy atom. The number of benzene rings is 1. The van der Waals surface area contributed by atoms with Crippen molar-refractivity contribution in [2.24, 2.45) is 0 Å². The molecule has 1 saturated heterocycles. The van der Waals surface area contributed by atoms with E-state index in [9.17, 15) is 13.2 Å². The molecule has 5 heteroatoms. The molecule has 1 heterocycles. The summed E-state index contributed by atoms with van der Waals surface area (Å²) in [7, 11) is 0. The molecule has 1 aromatic rings. The van der Waals surface area contributed by atoms with Gasteiger partial charge in [-0.1, -0.05) is 0 Å². The fraction of sp³-hybridized carbons (Fsp3) is 0.600. The molecular weight excluding hydrogens is 267 g/mol. The first kappa shape index (κ1) is 15.2. The zero-order chi connectivity index (χ0) is 14.8. The predicted molar refractivity (Wildman–Crippen MR) is 72.1 cm³/mol. The van der Waals surface area contributed by atoms with Crippen molar-refractivity contribution in [1.82, 2.24) is 4.90 Å². The van der Waals surface area contributed by atoms with Gasteiger partial charge >= 0.3 is 6.18 Å². The Labute approximate surface area is 117 Å². The molecule has 0 aliphatic carbocycles. The van der Waals surface area contributed by atoms with Crippen LogP contribution in [0.2, 0.25) is 0 Å². The van der Waals surface area contributed by atoms with Crippen LogP contribution >= 0.6 is 0 Å². The van der Waals surface area contributed by atoms with Crippen LogP contribution in [0.5, 0.6) is 5.75 Å². The Bertz CT molecular complexity index is 465. The fourth-order valence-electron chi connectivity index (χ4n) is 2.54. The van der Waals surface area contributed by atoms with Crippen LogP contribution < -0.4 is 4.74 Å². The van der Waals surface area contributed by atoms with Crippen molar-refractivity contribution >= 4 is 0 Å². The van der Waals surface area contributed by atoms with Gasteiger partial charge in [-0.2, -0.15) is 13.2 Å². The summed E-state index contributed by atoms with van der Waals surface area (Å²) in [6.45, 7) is 6.66. The molecular formula is C15H20F3NO. The molecule has 0 saturated carbocycles. The molecule has 0 radical (unpaired) electrons.